The van der Waals surface area contributed by atoms with Gasteiger partial charge >= 0.3 is 12.2 Å². The number of hydrogen-bond acceptors (Lipinski definition) is 8. The summed E-state index contributed by atoms with van der Waals surface area (Å²) in [7, 11) is 0. The predicted octanol–water partition coefficient (Wildman–Crippen LogP) is 0.978. The number of ether oxygens (including phenoxy) is 2. The fourth-order valence-electron chi connectivity index (χ4n) is 3.90. The molecular formula is C26H48N8O6. The highest BCUT2D eigenvalue weighted by Gasteiger charge is 2.47. The SMILES string of the molecule is CCCN=C1C(C(N)=O)N(CCNC(=O)OC(C)(C)C)C(=NCCC)C(C(N)=O)N1CCNC(=O)OC(C)(C)C. The van der Waals surface area contributed by atoms with Gasteiger partial charge in [0.25, 0.3) is 0 Å². The lowest BCUT2D eigenvalue weighted by Gasteiger charge is -2.47. The Morgan fingerprint density at radius 1 is 0.725 bits per heavy atom. The van der Waals surface area contributed by atoms with E-state index < -0.39 is 47.3 Å². The van der Waals surface area contributed by atoms with Crippen molar-refractivity contribution in [1.82, 2.24) is 20.4 Å². The van der Waals surface area contributed by atoms with Crippen molar-refractivity contribution in [3.8, 4) is 0 Å². The number of nitrogens with two attached hydrogens (primary N) is 2. The highest BCUT2D eigenvalue weighted by molar-refractivity contribution is 6.19. The average Bonchev–Trinajstić information content (AvgIpc) is 2.79. The van der Waals surface area contributed by atoms with Gasteiger partial charge < -0.3 is 41.4 Å². The highest BCUT2D eigenvalue weighted by Crippen LogP contribution is 2.22. The number of amides is 4. The third-order valence-electron chi connectivity index (χ3n) is 5.28. The van der Waals surface area contributed by atoms with Crippen LogP contribution in [0.1, 0.15) is 68.2 Å². The monoisotopic (exact) mass is 568 g/mol. The molecular weight excluding hydrogens is 520 g/mol. The van der Waals surface area contributed by atoms with Gasteiger partial charge in [-0.2, -0.15) is 0 Å². The molecule has 14 nitrogen and oxygen atoms in total. The highest BCUT2D eigenvalue weighted by atomic mass is 16.6. The summed E-state index contributed by atoms with van der Waals surface area (Å²) in [5, 5.41) is 5.32. The summed E-state index contributed by atoms with van der Waals surface area (Å²) in [6.07, 6.45) is 0.0655. The molecule has 2 unspecified atom stereocenters. The van der Waals surface area contributed by atoms with E-state index in [2.05, 4.69) is 20.6 Å². The van der Waals surface area contributed by atoms with Gasteiger partial charge in [0.05, 0.1) is 0 Å². The van der Waals surface area contributed by atoms with Crippen LogP contribution in [-0.4, -0.2) is 108 Å². The van der Waals surface area contributed by atoms with E-state index in [1.165, 1.54) is 0 Å². The van der Waals surface area contributed by atoms with Crippen LogP contribution in [0.5, 0.6) is 0 Å². The summed E-state index contributed by atoms with van der Waals surface area (Å²) in [6, 6.07) is -2.19. The van der Waals surface area contributed by atoms with E-state index in [1.54, 1.807) is 51.3 Å². The van der Waals surface area contributed by atoms with Gasteiger partial charge in [0, 0.05) is 39.3 Å². The van der Waals surface area contributed by atoms with Crippen molar-refractivity contribution < 1.29 is 28.7 Å². The average molecular weight is 569 g/mol. The molecule has 1 saturated heterocycles. The van der Waals surface area contributed by atoms with E-state index in [-0.39, 0.29) is 37.9 Å². The van der Waals surface area contributed by atoms with Crippen LogP contribution in [0.15, 0.2) is 9.98 Å². The first-order chi connectivity index (χ1) is 18.5. The minimum Gasteiger partial charge on any atom is -0.444 e. The number of hydrogen-bond donors (Lipinski definition) is 4. The fourth-order valence-corrected chi connectivity index (χ4v) is 3.90. The summed E-state index contributed by atoms with van der Waals surface area (Å²) in [6.45, 7) is 15.3. The second-order valence-corrected chi connectivity index (χ2v) is 11.3. The van der Waals surface area contributed by atoms with Crippen molar-refractivity contribution in [2.24, 2.45) is 21.5 Å². The molecule has 1 rings (SSSR count). The largest absolute Gasteiger partial charge is 0.444 e. The molecule has 4 amide bonds. The molecule has 0 aliphatic carbocycles. The first-order valence-electron chi connectivity index (χ1n) is 13.7. The molecule has 1 heterocycles. The topological polar surface area (TPSA) is 194 Å². The van der Waals surface area contributed by atoms with Crippen LogP contribution >= 0.6 is 0 Å². The molecule has 2 atom stereocenters. The van der Waals surface area contributed by atoms with E-state index >= 15 is 0 Å². The molecule has 6 N–H and O–H groups in total. The van der Waals surface area contributed by atoms with Gasteiger partial charge in [-0.05, 0) is 54.4 Å². The first-order valence-corrected chi connectivity index (χ1v) is 13.7. The van der Waals surface area contributed by atoms with E-state index in [1.807, 2.05) is 13.8 Å². The van der Waals surface area contributed by atoms with Crippen LogP contribution in [0.3, 0.4) is 0 Å². The van der Waals surface area contributed by atoms with Gasteiger partial charge in [0.2, 0.25) is 11.8 Å². The lowest BCUT2D eigenvalue weighted by molar-refractivity contribution is -0.123. The Morgan fingerprint density at radius 2 is 1.05 bits per heavy atom. The third-order valence-corrected chi connectivity index (χ3v) is 5.28. The van der Waals surface area contributed by atoms with E-state index in [9.17, 15) is 19.2 Å². The third kappa shape index (κ3) is 11.3. The molecule has 1 aliphatic heterocycles. The number of nitrogens with one attached hydrogen (secondary N) is 2. The Bertz CT molecular complexity index is 878. The Morgan fingerprint density at radius 3 is 1.30 bits per heavy atom. The van der Waals surface area contributed by atoms with Gasteiger partial charge in [-0.3, -0.25) is 19.6 Å². The maximum atomic E-state index is 12.9. The van der Waals surface area contributed by atoms with Crippen LogP contribution in [0.25, 0.3) is 0 Å². The summed E-state index contributed by atoms with van der Waals surface area (Å²) < 4.78 is 10.6. The standard InChI is InChI=1S/C26H48N8O6/c1-9-11-29-21-17(19(27)35)34(16-14-32-24(38)40-26(6,7)8)22(30-12-10-2)18(20(28)36)33(21)15-13-31-23(37)39-25(3,4)5/h17-18H,9-16H2,1-8H3,(H2,27,35)(H2,28,36)(H,31,37)(H,32,38). The zero-order chi connectivity index (χ0) is 30.7. The van der Waals surface area contributed by atoms with Crippen molar-refractivity contribution >= 4 is 35.7 Å². The van der Waals surface area contributed by atoms with E-state index in [4.69, 9.17) is 20.9 Å². The lowest BCUT2D eigenvalue weighted by atomic mass is 10.0. The van der Waals surface area contributed by atoms with Crippen molar-refractivity contribution in [1.29, 1.82) is 0 Å². The quantitative estimate of drug-likeness (QED) is 0.267. The zero-order valence-electron chi connectivity index (χ0n) is 25.2. The number of carbonyl (C=O) groups excluding carboxylic acids is 4. The zero-order valence-corrected chi connectivity index (χ0v) is 25.2. The van der Waals surface area contributed by atoms with Crippen LogP contribution in [0, 0.1) is 0 Å². The smallest absolute Gasteiger partial charge is 0.407 e. The number of carbonyl (C=O) groups is 4. The minimum absolute atomic E-state index is 0.0660. The molecule has 0 radical (unpaired) electrons. The van der Waals surface area contributed by atoms with Crippen LogP contribution < -0.4 is 22.1 Å². The molecule has 0 saturated carbocycles. The van der Waals surface area contributed by atoms with E-state index in [0.29, 0.717) is 25.9 Å². The van der Waals surface area contributed by atoms with Gasteiger partial charge in [-0.15, -0.1) is 0 Å². The molecule has 40 heavy (non-hydrogen) atoms. The fraction of sp³-hybridized carbons (Fsp3) is 0.769. The van der Waals surface area contributed by atoms with Crippen molar-refractivity contribution in [3.63, 3.8) is 0 Å². The number of aliphatic imine (C=N–C) groups is 2. The second-order valence-electron chi connectivity index (χ2n) is 11.3. The normalized spacial score (nSPS) is 19.9. The predicted molar refractivity (Wildman–Crippen MR) is 153 cm³/mol. The summed E-state index contributed by atoms with van der Waals surface area (Å²) in [5.41, 5.74) is 10.4. The first kappa shape index (κ1) is 34.4. The van der Waals surface area contributed by atoms with Crippen LogP contribution in [-0.2, 0) is 19.1 Å². The summed E-state index contributed by atoms with van der Waals surface area (Å²) in [4.78, 5) is 62.6. The number of alkyl carbamates (subject to hydrolysis) is 2. The van der Waals surface area contributed by atoms with Gasteiger partial charge in [0.1, 0.15) is 22.9 Å². The molecule has 1 fully saturated rings. The molecule has 1 aliphatic rings. The van der Waals surface area contributed by atoms with Crippen LogP contribution in [0.4, 0.5) is 9.59 Å². The Balaban J connectivity index is 3.43. The Labute approximate surface area is 237 Å². The number of rotatable bonds is 12. The number of amidine groups is 2. The Kier molecular flexibility index (Phi) is 13.2. The number of nitrogens with zero attached hydrogens (tertiary/aromatic N) is 4. The van der Waals surface area contributed by atoms with Crippen molar-refractivity contribution in [3.05, 3.63) is 0 Å². The molecule has 228 valence electrons. The van der Waals surface area contributed by atoms with Gasteiger partial charge in [-0.25, -0.2) is 9.59 Å². The molecule has 0 aromatic rings. The van der Waals surface area contributed by atoms with Crippen molar-refractivity contribution in [2.75, 3.05) is 39.3 Å². The number of primary amides is 2. The maximum absolute atomic E-state index is 12.9. The lowest BCUT2D eigenvalue weighted by Crippen LogP contribution is -2.71. The molecule has 0 bridgehead atoms. The molecule has 0 aromatic carbocycles. The minimum atomic E-state index is -1.10. The number of piperazine rings is 1. The maximum Gasteiger partial charge on any atom is 0.407 e. The molecule has 14 heteroatoms. The van der Waals surface area contributed by atoms with Crippen LogP contribution in [0.2, 0.25) is 0 Å². The molecule has 0 spiro atoms. The van der Waals surface area contributed by atoms with Gasteiger partial charge in [0.15, 0.2) is 12.1 Å². The molecule has 0 aromatic heterocycles. The summed E-state index contributed by atoms with van der Waals surface area (Å²) in [5.74, 6) is -0.970. The van der Waals surface area contributed by atoms with E-state index in [0.717, 1.165) is 0 Å². The van der Waals surface area contributed by atoms with Gasteiger partial charge in [-0.1, -0.05) is 13.8 Å². The van der Waals surface area contributed by atoms with Crippen molar-refractivity contribution in [2.45, 2.75) is 91.5 Å². The summed E-state index contributed by atoms with van der Waals surface area (Å²) >= 11 is 0. The Hall–Kier alpha value is -3.58. The second kappa shape index (κ2) is 15.3.